The summed E-state index contributed by atoms with van der Waals surface area (Å²) in [6.45, 7) is 0. The maximum absolute atomic E-state index is 3.98. The molecule has 0 fully saturated rings. The Morgan fingerprint density at radius 3 is 1.50 bits per heavy atom. The first-order chi connectivity index (χ1) is 3.91. The smallest absolute Gasteiger partial charge is 0.00856 e. The third-order valence-electron chi connectivity index (χ3n) is 0.594. The molecule has 0 aromatic carbocycles. The zero-order valence-electron chi connectivity index (χ0n) is 4.62. The lowest BCUT2D eigenvalue weighted by Gasteiger charge is -1.73. The molecular formula is C6H10S2. The molecule has 8 heavy (non-hydrogen) atoms. The summed E-state index contributed by atoms with van der Waals surface area (Å²) in [4.78, 5) is 0. The van der Waals surface area contributed by atoms with Crippen LogP contribution in [0.15, 0.2) is 24.3 Å². The van der Waals surface area contributed by atoms with Crippen molar-refractivity contribution in [2.24, 2.45) is 0 Å². The first-order valence-corrected chi connectivity index (χ1v) is 3.71. The Morgan fingerprint density at radius 2 is 1.25 bits per heavy atom. The van der Waals surface area contributed by atoms with Gasteiger partial charge in [-0.05, 0) is 0 Å². The van der Waals surface area contributed by atoms with Crippen molar-refractivity contribution in [1.82, 2.24) is 0 Å². The molecule has 0 aliphatic carbocycles. The highest BCUT2D eigenvalue weighted by Gasteiger charge is 1.62. The number of rotatable bonds is 3. The molecule has 0 nitrogen and oxygen atoms in total. The Hall–Kier alpha value is 0.180. The summed E-state index contributed by atoms with van der Waals surface area (Å²) in [5.74, 6) is 1.60. The van der Waals surface area contributed by atoms with Crippen LogP contribution >= 0.6 is 25.3 Å². The molecule has 0 spiro atoms. The summed E-state index contributed by atoms with van der Waals surface area (Å²) in [5, 5.41) is 0. The van der Waals surface area contributed by atoms with Crippen molar-refractivity contribution in [3.05, 3.63) is 24.3 Å². The van der Waals surface area contributed by atoms with Crippen molar-refractivity contribution in [3.63, 3.8) is 0 Å². The Kier molecular flexibility index (Phi) is 7.34. The molecule has 0 amide bonds. The average molecular weight is 146 g/mol. The van der Waals surface area contributed by atoms with Crippen molar-refractivity contribution in [3.8, 4) is 0 Å². The summed E-state index contributed by atoms with van der Waals surface area (Å²) in [5.41, 5.74) is 0. The van der Waals surface area contributed by atoms with Crippen molar-refractivity contribution in [2.75, 3.05) is 11.5 Å². The second-order valence-electron chi connectivity index (χ2n) is 1.22. The molecule has 0 rings (SSSR count). The van der Waals surface area contributed by atoms with Crippen LogP contribution in [-0.4, -0.2) is 11.5 Å². The van der Waals surface area contributed by atoms with Crippen LogP contribution in [0.1, 0.15) is 0 Å². The molecule has 0 saturated heterocycles. The predicted octanol–water partition coefficient (Wildman–Crippen LogP) is 1.96. The van der Waals surface area contributed by atoms with Gasteiger partial charge in [-0.2, -0.15) is 25.3 Å². The number of thiol groups is 2. The summed E-state index contributed by atoms with van der Waals surface area (Å²) < 4.78 is 0. The van der Waals surface area contributed by atoms with Gasteiger partial charge in [-0.3, -0.25) is 0 Å². The lowest BCUT2D eigenvalue weighted by molar-refractivity contribution is 1.72. The van der Waals surface area contributed by atoms with Crippen LogP contribution in [0.3, 0.4) is 0 Å². The van der Waals surface area contributed by atoms with Crippen molar-refractivity contribution in [2.45, 2.75) is 0 Å². The lowest BCUT2D eigenvalue weighted by Crippen LogP contribution is -1.59. The van der Waals surface area contributed by atoms with Gasteiger partial charge in [0, 0.05) is 11.5 Å². The third kappa shape index (κ3) is 6.18. The molecule has 0 atom stereocenters. The molecule has 0 unspecified atom stereocenters. The molecule has 46 valence electrons. The van der Waals surface area contributed by atoms with E-state index in [4.69, 9.17) is 0 Å². The van der Waals surface area contributed by atoms with Crippen molar-refractivity contribution in [1.29, 1.82) is 0 Å². The highest BCUT2D eigenvalue weighted by Crippen LogP contribution is 1.81. The van der Waals surface area contributed by atoms with Gasteiger partial charge < -0.3 is 0 Å². The van der Waals surface area contributed by atoms with Crippen molar-refractivity contribution >= 4 is 25.3 Å². The van der Waals surface area contributed by atoms with Gasteiger partial charge in [-0.15, -0.1) is 0 Å². The van der Waals surface area contributed by atoms with E-state index in [9.17, 15) is 0 Å². The van der Waals surface area contributed by atoms with E-state index in [1.54, 1.807) is 0 Å². The predicted molar refractivity (Wildman–Crippen MR) is 46.0 cm³/mol. The zero-order chi connectivity index (χ0) is 6.24. The number of allylic oxidation sites excluding steroid dienone is 2. The molecule has 0 aromatic rings. The van der Waals surface area contributed by atoms with E-state index in [0.29, 0.717) is 0 Å². The normalized spacial score (nSPS) is 11.8. The highest BCUT2D eigenvalue weighted by molar-refractivity contribution is 7.80. The minimum atomic E-state index is 0.802. The van der Waals surface area contributed by atoms with E-state index in [2.05, 4.69) is 25.3 Å². The standard InChI is InChI=1S/C6H10S2/c7-5-3-1-2-4-6-8/h1-4,7-8H,5-6H2/b3-1+,4-2?. The zero-order valence-corrected chi connectivity index (χ0v) is 6.41. The second-order valence-corrected chi connectivity index (χ2v) is 1.95. The lowest BCUT2D eigenvalue weighted by atomic mass is 10.5. The Labute approximate surface area is 61.5 Å². The van der Waals surface area contributed by atoms with E-state index in [1.165, 1.54) is 0 Å². The van der Waals surface area contributed by atoms with Crippen molar-refractivity contribution < 1.29 is 0 Å². The average Bonchev–Trinajstić information content (AvgIpc) is 1.81. The maximum atomic E-state index is 3.98. The van der Waals surface area contributed by atoms with Crippen LogP contribution < -0.4 is 0 Å². The Morgan fingerprint density at radius 1 is 0.875 bits per heavy atom. The molecule has 0 aromatic heterocycles. The molecule has 2 heteroatoms. The summed E-state index contributed by atoms with van der Waals surface area (Å²) in [7, 11) is 0. The fourth-order valence-electron chi connectivity index (χ4n) is 0.279. The molecule has 0 radical (unpaired) electrons. The van der Waals surface area contributed by atoms with Crippen LogP contribution in [0.2, 0.25) is 0 Å². The maximum Gasteiger partial charge on any atom is 0.00856 e. The van der Waals surface area contributed by atoms with Gasteiger partial charge in [0.15, 0.2) is 0 Å². The van der Waals surface area contributed by atoms with Gasteiger partial charge in [0.2, 0.25) is 0 Å². The Balaban J connectivity index is 3.13. The quantitative estimate of drug-likeness (QED) is 0.441. The van der Waals surface area contributed by atoms with E-state index >= 15 is 0 Å². The van der Waals surface area contributed by atoms with Gasteiger partial charge in [0.1, 0.15) is 0 Å². The fourth-order valence-corrected chi connectivity index (χ4v) is 0.522. The topological polar surface area (TPSA) is 0 Å². The van der Waals surface area contributed by atoms with Crippen LogP contribution in [0, 0.1) is 0 Å². The van der Waals surface area contributed by atoms with Gasteiger partial charge in [-0.1, -0.05) is 24.3 Å². The minimum absolute atomic E-state index is 0.802. The van der Waals surface area contributed by atoms with E-state index in [1.807, 2.05) is 24.3 Å². The molecule has 0 aliphatic rings. The monoisotopic (exact) mass is 146 g/mol. The number of hydrogen-bond acceptors (Lipinski definition) is 2. The SMILES string of the molecule is SCC=C/C=C/CS. The minimum Gasteiger partial charge on any atom is -0.175 e. The molecule has 0 N–H and O–H groups in total. The Bertz CT molecular complexity index is 72.5. The number of hydrogen-bond donors (Lipinski definition) is 2. The second kappa shape index (κ2) is 7.18. The first kappa shape index (κ1) is 8.18. The molecule has 0 saturated carbocycles. The molecule has 0 bridgehead atoms. The molecule has 0 heterocycles. The van der Waals surface area contributed by atoms with Gasteiger partial charge in [-0.25, -0.2) is 0 Å². The summed E-state index contributed by atoms with van der Waals surface area (Å²) in [6, 6.07) is 0. The van der Waals surface area contributed by atoms with E-state index in [0.717, 1.165) is 11.5 Å². The van der Waals surface area contributed by atoms with Crippen LogP contribution in [-0.2, 0) is 0 Å². The van der Waals surface area contributed by atoms with E-state index in [-0.39, 0.29) is 0 Å². The van der Waals surface area contributed by atoms with Gasteiger partial charge >= 0.3 is 0 Å². The molecule has 0 aliphatic heterocycles. The molecular weight excluding hydrogens is 136 g/mol. The van der Waals surface area contributed by atoms with Crippen LogP contribution in [0.4, 0.5) is 0 Å². The fraction of sp³-hybridized carbons (Fsp3) is 0.333. The first-order valence-electron chi connectivity index (χ1n) is 2.45. The largest absolute Gasteiger partial charge is 0.175 e. The third-order valence-corrected chi connectivity index (χ3v) is 1.02. The summed E-state index contributed by atoms with van der Waals surface area (Å²) >= 11 is 7.97. The van der Waals surface area contributed by atoms with Crippen LogP contribution in [0.5, 0.6) is 0 Å². The van der Waals surface area contributed by atoms with Gasteiger partial charge in [0.25, 0.3) is 0 Å². The van der Waals surface area contributed by atoms with Crippen LogP contribution in [0.25, 0.3) is 0 Å². The summed E-state index contributed by atoms with van der Waals surface area (Å²) in [6.07, 6.45) is 7.87. The highest BCUT2D eigenvalue weighted by atomic mass is 32.1. The van der Waals surface area contributed by atoms with Gasteiger partial charge in [0.05, 0.1) is 0 Å². The van der Waals surface area contributed by atoms with E-state index < -0.39 is 0 Å².